The van der Waals surface area contributed by atoms with Crippen molar-refractivity contribution >= 4 is 45.5 Å². The first-order valence-corrected chi connectivity index (χ1v) is 9.43. The van der Waals surface area contributed by atoms with Crippen LogP contribution >= 0.6 is 11.6 Å². The van der Waals surface area contributed by atoms with Crippen LogP contribution in [0.3, 0.4) is 0 Å². The number of Topliss-reactive ketones (excluding diaryl/α,β-unsaturated/α-hetero) is 1. The Bertz CT molecular complexity index is 1290. The Kier molecular flexibility index (Phi) is 4.97. The number of benzene rings is 2. The number of nitro benzene ring substituents is 1. The van der Waals surface area contributed by atoms with Gasteiger partial charge in [-0.2, -0.15) is 0 Å². The van der Waals surface area contributed by atoms with E-state index in [2.05, 4.69) is 0 Å². The number of aromatic carboxylic acids is 1. The van der Waals surface area contributed by atoms with Crippen molar-refractivity contribution < 1.29 is 19.6 Å². The SMILES string of the molecule is O=C1CC=CC=C1c1c(C(=O)O)n(Cc2cccc([N+](=O)[O-])c2)c2ccc(Cl)cc12. The van der Waals surface area contributed by atoms with E-state index in [-0.39, 0.29) is 30.1 Å². The van der Waals surface area contributed by atoms with Gasteiger partial charge in [-0.25, -0.2) is 4.79 Å². The van der Waals surface area contributed by atoms with Crippen LogP contribution in [0.2, 0.25) is 5.02 Å². The molecule has 1 heterocycles. The highest BCUT2D eigenvalue weighted by atomic mass is 35.5. The smallest absolute Gasteiger partial charge is 0.353 e. The third-order valence-electron chi connectivity index (χ3n) is 4.96. The molecule has 0 atom stereocenters. The predicted molar refractivity (Wildman–Crippen MR) is 113 cm³/mol. The van der Waals surface area contributed by atoms with E-state index in [0.717, 1.165) is 0 Å². The molecule has 150 valence electrons. The molecule has 1 aliphatic carbocycles. The molecule has 0 spiro atoms. The monoisotopic (exact) mass is 422 g/mol. The van der Waals surface area contributed by atoms with Crippen molar-refractivity contribution in [3.05, 3.63) is 92.7 Å². The van der Waals surface area contributed by atoms with Crippen LogP contribution in [0.15, 0.2) is 60.7 Å². The van der Waals surface area contributed by atoms with Gasteiger partial charge in [0.25, 0.3) is 5.69 Å². The number of rotatable bonds is 5. The van der Waals surface area contributed by atoms with Gasteiger partial charge in [0.15, 0.2) is 5.78 Å². The first-order valence-electron chi connectivity index (χ1n) is 9.05. The topological polar surface area (TPSA) is 102 Å². The molecule has 0 aliphatic heterocycles. The van der Waals surface area contributed by atoms with E-state index in [1.54, 1.807) is 53.1 Å². The minimum atomic E-state index is -1.20. The first kappa shape index (κ1) is 19.6. The van der Waals surface area contributed by atoms with Crippen LogP contribution in [0.25, 0.3) is 16.5 Å². The number of allylic oxidation sites excluding steroid dienone is 4. The Morgan fingerprint density at radius 2 is 2.03 bits per heavy atom. The van der Waals surface area contributed by atoms with Crippen molar-refractivity contribution in [2.24, 2.45) is 0 Å². The van der Waals surface area contributed by atoms with Gasteiger partial charge >= 0.3 is 5.97 Å². The molecular weight excluding hydrogens is 408 g/mol. The maximum absolute atomic E-state index is 12.6. The Balaban J connectivity index is 1.99. The molecule has 0 saturated heterocycles. The lowest BCUT2D eigenvalue weighted by Crippen LogP contribution is -2.13. The van der Waals surface area contributed by atoms with Crippen molar-refractivity contribution in [2.45, 2.75) is 13.0 Å². The number of carboxylic acid groups (broad SMARTS) is 1. The number of nitrogens with zero attached hydrogens (tertiary/aromatic N) is 2. The Hall–Kier alpha value is -3.71. The van der Waals surface area contributed by atoms with Crippen LogP contribution < -0.4 is 0 Å². The van der Waals surface area contributed by atoms with Crippen LogP contribution in [0.5, 0.6) is 0 Å². The summed E-state index contributed by atoms with van der Waals surface area (Å²) in [6, 6.07) is 11.0. The molecule has 0 fully saturated rings. The summed E-state index contributed by atoms with van der Waals surface area (Å²) in [5.41, 5.74) is 1.60. The van der Waals surface area contributed by atoms with Gasteiger partial charge in [-0.15, -0.1) is 0 Å². The molecule has 30 heavy (non-hydrogen) atoms. The lowest BCUT2D eigenvalue weighted by Gasteiger charge is -2.11. The molecule has 3 aromatic rings. The summed E-state index contributed by atoms with van der Waals surface area (Å²) < 4.78 is 1.55. The lowest BCUT2D eigenvalue weighted by molar-refractivity contribution is -0.384. The minimum Gasteiger partial charge on any atom is -0.477 e. The molecule has 0 saturated carbocycles. The number of fused-ring (bicyclic) bond motifs is 1. The van der Waals surface area contributed by atoms with E-state index < -0.39 is 10.9 Å². The fraction of sp³-hybridized carbons (Fsp3) is 0.0909. The molecule has 1 N–H and O–H groups in total. The normalized spacial score (nSPS) is 13.5. The molecular formula is C22H15ClN2O5. The lowest BCUT2D eigenvalue weighted by atomic mass is 9.93. The van der Waals surface area contributed by atoms with E-state index in [4.69, 9.17) is 11.6 Å². The van der Waals surface area contributed by atoms with Gasteiger partial charge < -0.3 is 9.67 Å². The quantitative estimate of drug-likeness (QED) is 0.467. The second-order valence-corrected chi connectivity index (χ2v) is 7.28. The van der Waals surface area contributed by atoms with E-state index in [1.165, 1.54) is 12.1 Å². The second kappa shape index (κ2) is 7.61. The van der Waals surface area contributed by atoms with Gasteiger partial charge in [0.1, 0.15) is 5.69 Å². The molecule has 0 unspecified atom stereocenters. The van der Waals surface area contributed by atoms with Crippen molar-refractivity contribution in [2.75, 3.05) is 0 Å². The fourth-order valence-electron chi connectivity index (χ4n) is 3.70. The Morgan fingerprint density at radius 3 is 2.73 bits per heavy atom. The van der Waals surface area contributed by atoms with Crippen LogP contribution in [0.4, 0.5) is 5.69 Å². The summed E-state index contributed by atoms with van der Waals surface area (Å²) in [5.74, 6) is -1.39. The summed E-state index contributed by atoms with van der Waals surface area (Å²) >= 11 is 6.17. The average molecular weight is 423 g/mol. The van der Waals surface area contributed by atoms with Crippen molar-refractivity contribution in [1.29, 1.82) is 0 Å². The van der Waals surface area contributed by atoms with Crippen molar-refractivity contribution in [1.82, 2.24) is 4.57 Å². The molecule has 8 heteroatoms. The van der Waals surface area contributed by atoms with Crippen LogP contribution in [-0.2, 0) is 11.3 Å². The van der Waals surface area contributed by atoms with Gasteiger partial charge in [-0.3, -0.25) is 14.9 Å². The molecule has 4 rings (SSSR count). The standard InChI is InChI=1S/C22H15ClN2O5/c23-14-8-9-18-17(11-14)20(16-6-1-2-7-19(16)26)21(22(27)28)24(18)12-13-4-3-5-15(10-13)25(29)30/h1-6,8-11H,7,12H2,(H,27,28). The molecule has 2 aromatic carbocycles. The number of carbonyl (C=O) groups excluding carboxylic acids is 1. The number of carboxylic acids is 1. The van der Waals surface area contributed by atoms with Crippen LogP contribution in [0, 0.1) is 10.1 Å². The number of non-ortho nitro benzene ring substituents is 1. The molecule has 0 bridgehead atoms. The third-order valence-corrected chi connectivity index (χ3v) is 5.20. The number of carbonyl (C=O) groups is 2. The number of hydrogen-bond acceptors (Lipinski definition) is 4. The van der Waals surface area contributed by atoms with E-state index in [0.29, 0.717) is 32.6 Å². The zero-order chi connectivity index (χ0) is 21.4. The maximum atomic E-state index is 12.6. The zero-order valence-electron chi connectivity index (χ0n) is 15.5. The third kappa shape index (κ3) is 3.40. The summed E-state index contributed by atoms with van der Waals surface area (Å²) in [5, 5.41) is 22.1. The van der Waals surface area contributed by atoms with E-state index in [9.17, 15) is 24.8 Å². The second-order valence-electron chi connectivity index (χ2n) is 6.84. The summed E-state index contributed by atoms with van der Waals surface area (Å²) in [6.07, 6.45) is 5.22. The Morgan fingerprint density at radius 1 is 1.23 bits per heavy atom. The van der Waals surface area contributed by atoms with Crippen molar-refractivity contribution in [3.63, 3.8) is 0 Å². The number of nitro groups is 1. The molecule has 0 radical (unpaired) electrons. The highest BCUT2D eigenvalue weighted by Gasteiger charge is 2.28. The largest absolute Gasteiger partial charge is 0.477 e. The van der Waals surface area contributed by atoms with E-state index >= 15 is 0 Å². The fourth-order valence-corrected chi connectivity index (χ4v) is 3.87. The van der Waals surface area contributed by atoms with Gasteiger partial charge in [0, 0.05) is 52.2 Å². The maximum Gasteiger partial charge on any atom is 0.353 e. The zero-order valence-corrected chi connectivity index (χ0v) is 16.3. The number of ketones is 1. The van der Waals surface area contributed by atoms with Gasteiger partial charge in [-0.05, 0) is 23.8 Å². The number of aromatic nitrogens is 1. The highest BCUT2D eigenvalue weighted by molar-refractivity contribution is 6.32. The summed E-state index contributed by atoms with van der Waals surface area (Å²) in [6.45, 7) is 0.0821. The molecule has 1 aromatic heterocycles. The van der Waals surface area contributed by atoms with Gasteiger partial charge in [-0.1, -0.05) is 42.0 Å². The van der Waals surface area contributed by atoms with Crippen LogP contribution in [0.1, 0.15) is 28.0 Å². The Labute approximate surface area is 175 Å². The minimum absolute atomic E-state index is 0.0614. The highest BCUT2D eigenvalue weighted by Crippen LogP contribution is 2.36. The van der Waals surface area contributed by atoms with Gasteiger partial charge in [0.2, 0.25) is 0 Å². The predicted octanol–water partition coefficient (Wildman–Crippen LogP) is 4.86. The first-order chi connectivity index (χ1) is 14.4. The number of hydrogen-bond donors (Lipinski definition) is 1. The van der Waals surface area contributed by atoms with E-state index in [1.807, 2.05) is 0 Å². The van der Waals surface area contributed by atoms with Crippen molar-refractivity contribution in [3.8, 4) is 0 Å². The molecule has 7 nitrogen and oxygen atoms in total. The van der Waals surface area contributed by atoms with Gasteiger partial charge in [0.05, 0.1) is 4.92 Å². The average Bonchev–Trinajstić information content (AvgIpc) is 3.02. The number of halogens is 1. The summed E-state index contributed by atoms with van der Waals surface area (Å²) in [4.78, 5) is 35.5. The molecule has 0 amide bonds. The summed E-state index contributed by atoms with van der Waals surface area (Å²) in [7, 11) is 0. The van der Waals surface area contributed by atoms with Crippen LogP contribution in [-0.4, -0.2) is 26.3 Å². The molecule has 1 aliphatic rings.